The molecule has 5 heteroatoms. The molecule has 1 aliphatic rings. The number of piperidine rings is 1. The summed E-state index contributed by atoms with van der Waals surface area (Å²) in [4.78, 5) is 27.2. The molecule has 1 heterocycles. The molecular weight excluding hydrogens is 364 g/mol. The van der Waals surface area contributed by atoms with Gasteiger partial charge in [-0.2, -0.15) is 0 Å². The van der Waals surface area contributed by atoms with Crippen molar-refractivity contribution in [2.75, 3.05) is 18.4 Å². The van der Waals surface area contributed by atoms with E-state index in [1.165, 1.54) is 0 Å². The molecule has 29 heavy (non-hydrogen) atoms. The molecular formula is C24H30N2O3. The molecule has 0 saturated carbocycles. The number of benzene rings is 2. The van der Waals surface area contributed by atoms with Crippen LogP contribution in [0.1, 0.15) is 60.7 Å². The maximum Gasteiger partial charge on any atom is 0.255 e. The van der Waals surface area contributed by atoms with Crippen molar-refractivity contribution in [1.82, 2.24) is 4.90 Å². The third-order valence-corrected chi connectivity index (χ3v) is 5.47. The predicted octanol–water partition coefficient (Wildman–Crippen LogP) is 4.99. The number of rotatable bonds is 6. The number of ether oxygens (including phenoxy) is 1. The molecule has 0 aromatic heterocycles. The minimum atomic E-state index is -0.212. The molecule has 0 aliphatic carbocycles. The fourth-order valence-corrected chi connectivity index (χ4v) is 3.33. The number of nitrogens with zero attached hydrogens (tertiary/aromatic N) is 1. The molecule has 2 amide bonds. The zero-order valence-corrected chi connectivity index (χ0v) is 17.5. The monoisotopic (exact) mass is 394 g/mol. The lowest BCUT2D eigenvalue weighted by molar-refractivity contribution is 0.0697. The van der Waals surface area contributed by atoms with Gasteiger partial charge in [-0.3, -0.25) is 9.59 Å². The SMILES string of the molecule is CCC(C)Oc1ccc(C(=O)Nc2cccc(C(=O)N3CCC(C)CC3)c2)cc1. The van der Waals surface area contributed by atoms with Crippen LogP contribution in [0.2, 0.25) is 0 Å². The molecule has 1 saturated heterocycles. The van der Waals surface area contributed by atoms with Crippen LogP contribution >= 0.6 is 0 Å². The van der Waals surface area contributed by atoms with Crippen LogP contribution in [0.25, 0.3) is 0 Å². The first kappa shape index (κ1) is 20.9. The maximum absolute atomic E-state index is 12.8. The topological polar surface area (TPSA) is 58.6 Å². The standard InChI is InChI=1S/C24H30N2O3/c1-4-18(3)29-22-10-8-19(9-11-22)23(27)25-21-7-5-6-20(16-21)24(28)26-14-12-17(2)13-15-26/h5-11,16-18H,4,12-15H2,1-3H3,(H,25,27). The zero-order chi connectivity index (χ0) is 20.8. The van der Waals surface area contributed by atoms with Gasteiger partial charge >= 0.3 is 0 Å². The third kappa shape index (κ3) is 5.59. The summed E-state index contributed by atoms with van der Waals surface area (Å²) in [5, 5.41) is 2.88. The van der Waals surface area contributed by atoms with Gasteiger partial charge in [0.1, 0.15) is 5.75 Å². The van der Waals surface area contributed by atoms with E-state index in [1.54, 1.807) is 48.5 Å². The highest BCUT2D eigenvalue weighted by atomic mass is 16.5. The molecule has 1 atom stereocenters. The van der Waals surface area contributed by atoms with Crippen LogP contribution in [0.5, 0.6) is 5.75 Å². The van der Waals surface area contributed by atoms with Crippen LogP contribution in [0, 0.1) is 5.92 Å². The molecule has 2 aromatic rings. The van der Waals surface area contributed by atoms with Crippen LogP contribution < -0.4 is 10.1 Å². The van der Waals surface area contributed by atoms with E-state index >= 15 is 0 Å². The Morgan fingerprint density at radius 3 is 2.45 bits per heavy atom. The quantitative estimate of drug-likeness (QED) is 0.751. The number of carbonyl (C=O) groups excluding carboxylic acids is 2. The van der Waals surface area contributed by atoms with Gasteiger partial charge in [-0.15, -0.1) is 0 Å². The van der Waals surface area contributed by atoms with Crippen molar-refractivity contribution in [3.8, 4) is 5.75 Å². The van der Waals surface area contributed by atoms with Crippen LogP contribution in [0.3, 0.4) is 0 Å². The Morgan fingerprint density at radius 1 is 1.10 bits per heavy atom. The number of anilines is 1. The second kappa shape index (κ2) is 9.59. The van der Waals surface area contributed by atoms with E-state index in [-0.39, 0.29) is 17.9 Å². The Kier molecular flexibility index (Phi) is 6.91. The van der Waals surface area contributed by atoms with Gasteiger partial charge in [-0.25, -0.2) is 0 Å². The van der Waals surface area contributed by atoms with Crippen LogP contribution in [0.15, 0.2) is 48.5 Å². The number of nitrogens with one attached hydrogen (secondary N) is 1. The highest BCUT2D eigenvalue weighted by Gasteiger charge is 2.21. The van der Waals surface area contributed by atoms with Crippen molar-refractivity contribution in [1.29, 1.82) is 0 Å². The predicted molar refractivity (Wildman–Crippen MR) is 116 cm³/mol. The second-order valence-electron chi connectivity index (χ2n) is 7.87. The first-order valence-electron chi connectivity index (χ1n) is 10.4. The summed E-state index contributed by atoms with van der Waals surface area (Å²) in [5.41, 5.74) is 1.77. The van der Waals surface area contributed by atoms with Gasteiger partial charge in [0.25, 0.3) is 11.8 Å². The highest BCUT2D eigenvalue weighted by Crippen LogP contribution is 2.20. The van der Waals surface area contributed by atoms with E-state index in [9.17, 15) is 9.59 Å². The molecule has 2 aromatic carbocycles. The van der Waals surface area contributed by atoms with Crippen molar-refractivity contribution in [3.05, 3.63) is 59.7 Å². The summed E-state index contributed by atoms with van der Waals surface area (Å²) in [6.45, 7) is 7.89. The van der Waals surface area contributed by atoms with Gasteiger partial charge < -0.3 is 15.0 Å². The van der Waals surface area contributed by atoms with Crippen molar-refractivity contribution >= 4 is 17.5 Å². The lowest BCUT2D eigenvalue weighted by Gasteiger charge is -2.30. The van der Waals surface area contributed by atoms with Crippen LogP contribution in [-0.2, 0) is 0 Å². The Labute approximate surface area is 173 Å². The Hall–Kier alpha value is -2.82. The summed E-state index contributed by atoms with van der Waals surface area (Å²) in [6, 6.07) is 14.3. The molecule has 5 nitrogen and oxygen atoms in total. The zero-order valence-electron chi connectivity index (χ0n) is 17.5. The number of carbonyl (C=O) groups is 2. The smallest absolute Gasteiger partial charge is 0.255 e. The van der Waals surface area contributed by atoms with Gasteiger partial charge in [0, 0.05) is 29.9 Å². The van der Waals surface area contributed by atoms with Crippen molar-refractivity contribution < 1.29 is 14.3 Å². The fourth-order valence-electron chi connectivity index (χ4n) is 3.33. The fraction of sp³-hybridized carbons (Fsp3) is 0.417. The summed E-state index contributed by atoms with van der Waals surface area (Å²) in [7, 11) is 0. The summed E-state index contributed by atoms with van der Waals surface area (Å²) in [5.74, 6) is 1.24. The molecule has 0 bridgehead atoms. The summed E-state index contributed by atoms with van der Waals surface area (Å²) >= 11 is 0. The average molecular weight is 395 g/mol. The number of likely N-dealkylation sites (tertiary alicyclic amines) is 1. The van der Waals surface area contributed by atoms with Crippen molar-refractivity contribution in [3.63, 3.8) is 0 Å². The van der Waals surface area contributed by atoms with Gasteiger partial charge in [-0.05, 0) is 74.6 Å². The lowest BCUT2D eigenvalue weighted by Crippen LogP contribution is -2.37. The van der Waals surface area contributed by atoms with Gasteiger partial charge in [0.2, 0.25) is 0 Å². The van der Waals surface area contributed by atoms with E-state index in [1.807, 2.05) is 11.8 Å². The highest BCUT2D eigenvalue weighted by molar-refractivity contribution is 6.05. The normalized spacial score (nSPS) is 15.6. The molecule has 1 N–H and O–H groups in total. The van der Waals surface area contributed by atoms with E-state index < -0.39 is 0 Å². The maximum atomic E-state index is 12.8. The van der Waals surface area contributed by atoms with Gasteiger partial charge in [0.05, 0.1) is 6.10 Å². The minimum absolute atomic E-state index is 0.0274. The molecule has 0 radical (unpaired) electrons. The van der Waals surface area contributed by atoms with Gasteiger partial charge in [0.15, 0.2) is 0 Å². The average Bonchev–Trinajstić information content (AvgIpc) is 2.74. The Bertz CT molecular complexity index is 839. The molecule has 1 aliphatic heterocycles. The summed E-state index contributed by atoms with van der Waals surface area (Å²) < 4.78 is 5.75. The number of hydrogen-bond donors (Lipinski definition) is 1. The van der Waals surface area contributed by atoms with E-state index in [0.29, 0.717) is 22.7 Å². The first-order chi connectivity index (χ1) is 14.0. The largest absolute Gasteiger partial charge is 0.491 e. The second-order valence-corrected chi connectivity index (χ2v) is 7.87. The molecule has 3 rings (SSSR count). The van der Waals surface area contributed by atoms with E-state index in [2.05, 4.69) is 19.2 Å². The number of amides is 2. The first-order valence-corrected chi connectivity index (χ1v) is 10.4. The molecule has 1 fully saturated rings. The minimum Gasteiger partial charge on any atom is -0.491 e. The van der Waals surface area contributed by atoms with Crippen molar-refractivity contribution in [2.24, 2.45) is 5.92 Å². The molecule has 0 spiro atoms. The van der Waals surface area contributed by atoms with E-state index in [0.717, 1.165) is 38.1 Å². The van der Waals surface area contributed by atoms with Crippen LogP contribution in [-0.4, -0.2) is 35.9 Å². The molecule has 1 unspecified atom stereocenters. The van der Waals surface area contributed by atoms with E-state index in [4.69, 9.17) is 4.74 Å². The summed E-state index contributed by atoms with van der Waals surface area (Å²) in [6.07, 6.45) is 3.14. The molecule has 154 valence electrons. The Morgan fingerprint density at radius 2 is 1.79 bits per heavy atom. The van der Waals surface area contributed by atoms with Crippen molar-refractivity contribution in [2.45, 2.75) is 46.1 Å². The number of hydrogen-bond acceptors (Lipinski definition) is 3. The van der Waals surface area contributed by atoms with Crippen LogP contribution in [0.4, 0.5) is 5.69 Å². The lowest BCUT2D eigenvalue weighted by atomic mass is 9.98. The van der Waals surface area contributed by atoms with Gasteiger partial charge in [-0.1, -0.05) is 19.9 Å². The third-order valence-electron chi connectivity index (χ3n) is 5.47. The Balaban J connectivity index is 1.63.